The van der Waals surface area contributed by atoms with Crippen molar-refractivity contribution in [3.63, 3.8) is 0 Å². The van der Waals surface area contributed by atoms with Gasteiger partial charge in [0.1, 0.15) is 0 Å². The molecular formula is C8H11N5. The standard InChI is InChI=1S/C8H11N5/c1-13(8-11-5-6-12-8)7-9-3-2-4-10-7/h2-4H,5-6H2,1H3,(H,11,12). The smallest absolute Gasteiger partial charge is 0.231 e. The summed E-state index contributed by atoms with van der Waals surface area (Å²) in [6.07, 6.45) is 3.43. The SMILES string of the molecule is CN(C1=NCCN1)c1ncccn1. The van der Waals surface area contributed by atoms with Gasteiger partial charge in [0.2, 0.25) is 11.9 Å². The van der Waals surface area contributed by atoms with Crippen LogP contribution in [0.15, 0.2) is 23.5 Å². The Morgan fingerprint density at radius 3 is 2.77 bits per heavy atom. The van der Waals surface area contributed by atoms with Crippen LogP contribution < -0.4 is 10.2 Å². The first-order chi connectivity index (χ1) is 6.38. The summed E-state index contributed by atoms with van der Waals surface area (Å²) < 4.78 is 0. The van der Waals surface area contributed by atoms with E-state index in [0.29, 0.717) is 5.95 Å². The number of hydrogen-bond donors (Lipinski definition) is 1. The molecule has 1 N–H and O–H groups in total. The average Bonchev–Trinajstić information content (AvgIpc) is 2.71. The molecule has 68 valence electrons. The summed E-state index contributed by atoms with van der Waals surface area (Å²) >= 11 is 0. The van der Waals surface area contributed by atoms with Crippen LogP contribution in [0, 0.1) is 0 Å². The van der Waals surface area contributed by atoms with E-state index in [2.05, 4.69) is 20.3 Å². The van der Waals surface area contributed by atoms with E-state index in [1.807, 2.05) is 11.9 Å². The molecule has 0 saturated carbocycles. The Kier molecular flexibility index (Phi) is 2.08. The van der Waals surface area contributed by atoms with E-state index < -0.39 is 0 Å². The largest absolute Gasteiger partial charge is 0.354 e. The Balaban J connectivity index is 2.17. The molecule has 0 amide bonds. The van der Waals surface area contributed by atoms with Gasteiger partial charge in [0.25, 0.3) is 0 Å². The molecule has 0 atom stereocenters. The van der Waals surface area contributed by atoms with Crippen molar-refractivity contribution in [2.75, 3.05) is 25.0 Å². The molecule has 0 saturated heterocycles. The Bertz CT molecular complexity index is 308. The van der Waals surface area contributed by atoms with Gasteiger partial charge in [-0.15, -0.1) is 0 Å². The molecule has 5 heteroatoms. The lowest BCUT2D eigenvalue weighted by molar-refractivity contribution is 0.943. The molecule has 1 aliphatic rings. The van der Waals surface area contributed by atoms with Crippen LogP contribution in [0.3, 0.4) is 0 Å². The van der Waals surface area contributed by atoms with Crippen molar-refractivity contribution in [3.05, 3.63) is 18.5 Å². The van der Waals surface area contributed by atoms with E-state index in [9.17, 15) is 0 Å². The third-order valence-corrected chi connectivity index (χ3v) is 1.83. The van der Waals surface area contributed by atoms with E-state index >= 15 is 0 Å². The second-order valence-electron chi connectivity index (χ2n) is 2.74. The number of nitrogens with one attached hydrogen (secondary N) is 1. The number of anilines is 1. The minimum atomic E-state index is 0.663. The van der Waals surface area contributed by atoms with Crippen molar-refractivity contribution in [1.29, 1.82) is 0 Å². The van der Waals surface area contributed by atoms with E-state index in [1.54, 1.807) is 18.5 Å². The van der Waals surface area contributed by atoms with Crippen LogP contribution in [0.2, 0.25) is 0 Å². The number of hydrogen-bond acceptors (Lipinski definition) is 5. The highest BCUT2D eigenvalue weighted by Gasteiger charge is 2.13. The monoisotopic (exact) mass is 177 g/mol. The van der Waals surface area contributed by atoms with Gasteiger partial charge in [-0.1, -0.05) is 0 Å². The van der Waals surface area contributed by atoms with Gasteiger partial charge in [-0.2, -0.15) is 0 Å². The summed E-state index contributed by atoms with van der Waals surface area (Å²) in [5.41, 5.74) is 0. The normalized spacial score (nSPS) is 15.0. The molecular weight excluding hydrogens is 166 g/mol. The quantitative estimate of drug-likeness (QED) is 0.649. The Morgan fingerprint density at radius 1 is 1.38 bits per heavy atom. The first-order valence-electron chi connectivity index (χ1n) is 4.17. The molecule has 2 heterocycles. The molecule has 0 aromatic carbocycles. The maximum Gasteiger partial charge on any atom is 0.231 e. The molecule has 0 spiro atoms. The third-order valence-electron chi connectivity index (χ3n) is 1.83. The van der Waals surface area contributed by atoms with Crippen molar-refractivity contribution >= 4 is 11.9 Å². The molecule has 2 rings (SSSR count). The zero-order valence-corrected chi connectivity index (χ0v) is 7.44. The maximum atomic E-state index is 4.26. The van der Waals surface area contributed by atoms with Gasteiger partial charge in [0.05, 0.1) is 6.54 Å². The van der Waals surface area contributed by atoms with Gasteiger partial charge in [-0.05, 0) is 6.07 Å². The molecule has 1 aromatic heterocycles. The number of aliphatic imine (C=N–C) groups is 1. The highest BCUT2D eigenvalue weighted by Crippen LogP contribution is 2.03. The van der Waals surface area contributed by atoms with E-state index in [-0.39, 0.29) is 0 Å². The topological polar surface area (TPSA) is 53.4 Å². The molecule has 13 heavy (non-hydrogen) atoms. The number of aromatic nitrogens is 2. The predicted octanol–water partition coefficient (Wildman–Crippen LogP) is -0.128. The summed E-state index contributed by atoms with van der Waals surface area (Å²) in [6, 6.07) is 1.79. The molecule has 1 aliphatic heterocycles. The van der Waals surface area contributed by atoms with E-state index in [1.165, 1.54) is 0 Å². The number of nitrogens with zero attached hydrogens (tertiary/aromatic N) is 4. The fraction of sp³-hybridized carbons (Fsp3) is 0.375. The number of guanidine groups is 1. The van der Waals surface area contributed by atoms with Crippen LogP contribution >= 0.6 is 0 Å². The first kappa shape index (κ1) is 7.97. The zero-order valence-electron chi connectivity index (χ0n) is 7.44. The summed E-state index contributed by atoms with van der Waals surface area (Å²) in [4.78, 5) is 14.3. The summed E-state index contributed by atoms with van der Waals surface area (Å²) in [5, 5.41) is 3.15. The summed E-state index contributed by atoms with van der Waals surface area (Å²) in [7, 11) is 1.90. The van der Waals surface area contributed by atoms with Crippen LogP contribution in [-0.4, -0.2) is 36.1 Å². The van der Waals surface area contributed by atoms with Crippen LogP contribution in [0.1, 0.15) is 0 Å². The molecule has 0 unspecified atom stereocenters. The van der Waals surface area contributed by atoms with E-state index in [0.717, 1.165) is 19.0 Å². The van der Waals surface area contributed by atoms with Gasteiger partial charge in [-0.3, -0.25) is 9.89 Å². The first-order valence-corrected chi connectivity index (χ1v) is 4.17. The summed E-state index contributed by atoms with van der Waals surface area (Å²) in [6.45, 7) is 1.72. The molecule has 0 bridgehead atoms. The fourth-order valence-electron chi connectivity index (χ4n) is 1.17. The van der Waals surface area contributed by atoms with Crippen LogP contribution in [-0.2, 0) is 0 Å². The molecule has 0 fully saturated rings. The Morgan fingerprint density at radius 2 is 2.15 bits per heavy atom. The molecule has 1 aromatic rings. The lowest BCUT2D eigenvalue weighted by atomic mass is 10.6. The van der Waals surface area contributed by atoms with Crippen molar-refractivity contribution in [3.8, 4) is 0 Å². The van der Waals surface area contributed by atoms with Gasteiger partial charge in [-0.25, -0.2) is 9.97 Å². The highest BCUT2D eigenvalue weighted by atomic mass is 15.4. The Labute approximate surface area is 76.5 Å². The number of rotatable bonds is 1. The second-order valence-corrected chi connectivity index (χ2v) is 2.74. The van der Waals surface area contributed by atoms with Gasteiger partial charge < -0.3 is 5.32 Å². The van der Waals surface area contributed by atoms with Crippen molar-refractivity contribution < 1.29 is 0 Å². The van der Waals surface area contributed by atoms with Crippen LogP contribution in [0.25, 0.3) is 0 Å². The third kappa shape index (κ3) is 1.58. The highest BCUT2D eigenvalue weighted by molar-refractivity contribution is 5.94. The Hall–Kier alpha value is -1.65. The summed E-state index contributed by atoms with van der Waals surface area (Å²) in [5.74, 6) is 1.50. The lowest BCUT2D eigenvalue weighted by Gasteiger charge is -2.15. The molecule has 5 nitrogen and oxygen atoms in total. The lowest BCUT2D eigenvalue weighted by Crippen LogP contribution is -2.36. The molecule has 0 aliphatic carbocycles. The van der Waals surface area contributed by atoms with Crippen molar-refractivity contribution in [2.24, 2.45) is 4.99 Å². The van der Waals surface area contributed by atoms with Crippen LogP contribution in [0.4, 0.5) is 5.95 Å². The fourth-order valence-corrected chi connectivity index (χ4v) is 1.17. The van der Waals surface area contributed by atoms with Gasteiger partial charge >= 0.3 is 0 Å². The van der Waals surface area contributed by atoms with Crippen molar-refractivity contribution in [1.82, 2.24) is 15.3 Å². The minimum absolute atomic E-state index is 0.663. The second kappa shape index (κ2) is 3.38. The van der Waals surface area contributed by atoms with Gasteiger partial charge in [0, 0.05) is 26.0 Å². The molecule has 0 radical (unpaired) electrons. The van der Waals surface area contributed by atoms with Gasteiger partial charge in [0.15, 0.2) is 0 Å². The minimum Gasteiger partial charge on any atom is -0.354 e. The van der Waals surface area contributed by atoms with Crippen molar-refractivity contribution in [2.45, 2.75) is 0 Å². The van der Waals surface area contributed by atoms with E-state index in [4.69, 9.17) is 0 Å². The zero-order chi connectivity index (χ0) is 9.10. The average molecular weight is 177 g/mol. The maximum absolute atomic E-state index is 4.26. The predicted molar refractivity (Wildman–Crippen MR) is 50.7 cm³/mol. The van der Waals surface area contributed by atoms with Crippen LogP contribution in [0.5, 0.6) is 0 Å².